The minimum atomic E-state index is -0.513. The van der Waals surface area contributed by atoms with Crippen LogP contribution in [0.1, 0.15) is 38.9 Å². The van der Waals surface area contributed by atoms with Crippen LogP contribution in [0.2, 0.25) is 0 Å². The average Bonchev–Trinajstić information content (AvgIpc) is 3.30. The molecule has 2 N–H and O–H groups in total. The molecule has 0 aromatic heterocycles. The van der Waals surface area contributed by atoms with Crippen molar-refractivity contribution in [3.63, 3.8) is 0 Å². The molecule has 16 heteroatoms. The number of nitro groups is 2. The number of aliphatic imine (C=N–C) groups is 2. The normalized spacial score (nSPS) is 11.7. The molecule has 7 rings (SSSR count). The van der Waals surface area contributed by atoms with Crippen LogP contribution < -0.4 is 0 Å². The number of azo groups is 2. The molecule has 0 atom stereocenters. The van der Waals surface area contributed by atoms with Gasteiger partial charge >= 0.3 is 0 Å². The zero-order valence-electron chi connectivity index (χ0n) is 35.3. The van der Waals surface area contributed by atoms with Gasteiger partial charge in [0.05, 0.1) is 32.6 Å². The maximum atomic E-state index is 11.4. The number of para-hydroxylation sites is 4. The maximum Gasteiger partial charge on any atom is 0.296 e. The number of benzene rings is 7. The van der Waals surface area contributed by atoms with Crippen LogP contribution in [-0.2, 0) is 11.5 Å². The first-order valence-electron chi connectivity index (χ1n) is 20.0. The summed E-state index contributed by atoms with van der Waals surface area (Å²) in [7, 11) is 0. The second-order valence-electron chi connectivity index (χ2n) is 14.5. The molecule has 0 amide bonds. The van der Waals surface area contributed by atoms with Gasteiger partial charge in [0.15, 0.2) is 11.4 Å². The Morgan fingerprint density at radius 3 is 1.31 bits per heavy atom. The number of hydrogen-bond donors (Lipinski definition) is 2. The Morgan fingerprint density at radius 1 is 0.508 bits per heavy atom. The average molecular weight is 901 g/mol. The minimum Gasteiger partial charge on any atom is -0.507 e. The number of hydrogen-bond acceptors (Lipinski definition) is 14. The molecule has 0 saturated heterocycles. The van der Waals surface area contributed by atoms with Crippen LogP contribution in [0.25, 0.3) is 0 Å². The lowest BCUT2D eigenvalue weighted by Crippen LogP contribution is -2.00. The molecule has 0 heterocycles. The Morgan fingerprint density at radius 2 is 0.892 bits per heavy atom. The fourth-order valence-corrected chi connectivity index (χ4v) is 9.09. The summed E-state index contributed by atoms with van der Waals surface area (Å²) in [4.78, 5) is 33.2. The third-order valence-corrected chi connectivity index (χ3v) is 12.4. The van der Waals surface area contributed by atoms with Crippen molar-refractivity contribution in [3.8, 4) is 11.5 Å². The van der Waals surface area contributed by atoms with E-state index in [4.69, 9.17) is 9.98 Å². The Labute approximate surface area is 382 Å². The highest BCUT2D eigenvalue weighted by atomic mass is 32.2. The minimum absolute atomic E-state index is 0.000481. The zero-order valence-corrected chi connectivity index (χ0v) is 36.9. The summed E-state index contributed by atoms with van der Waals surface area (Å²) in [6.07, 6.45) is 3.13. The highest BCUT2D eigenvalue weighted by Crippen LogP contribution is 2.39. The van der Waals surface area contributed by atoms with Crippen LogP contribution in [-0.4, -0.2) is 32.5 Å². The fraction of sp³-hybridized carbons (Fsp3) is 0.102. The number of nitro benzene ring substituents is 2. The summed E-state index contributed by atoms with van der Waals surface area (Å²) >= 11 is 3.34. The predicted octanol–water partition coefficient (Wildman–Crippen LogP) is 14.8. The molecular weight excluding hydrogens is 861 g/mol. The molecule has 7 aromatic rings. The van der Waals surface area contributed by atoms with Gasteiger partial charge in [-0.25, -0.2) is 0 Å². The first-order chi connectivity index (χ1) is 31.4. The van der Waals surface area contributed by atoms with Crippen molar-refractivity contribution in [1.29, 1.82) is 0 Å². The van der Waals surface area contributed by atoms with E-state index < -0.39 is 9.85 Å². The SMILES string of the molecule is Cc1cc(C)c(CSc2ccccc2N=Cc2cc(N=Nc3ccccc3[N+](=O)[O-])ccc2O)c(C)c1CSc1ccccc1N=Cc1cc(N=Nc2ccccc2[N+](=O)[O-])ccc1O. The van der Waals surface area contributed by atoms with E-state index in [1.807, 2.05) is 48.5 Å². The Balaban J connectivity index is 1.04. The third kappa shape index (κ3) is 11.4. The number of thioether (sulfide) groups is 2. The van der Waals surface area contributed by atoms with Gasteiger partial charge in [-0.2, -0.15) is 10.2 Å². The third-order valence-electron chi connectivity index (χ3n) is 10.2. The van der Waals surface area contributed by atoms with Crippen molar-refractivity contribution >= 4 is 81.5 Å². The molecule has 0 saturated carbocycles. The number of rotatable bonds is 16. The van der Waals surface area contributed by atoms with Gasteiger partial charge in [-0.1, -0.05) is 54.6 Å². The molecule has 14 nitrogen and oxygen atoms in total. The largest absolute Gasteiger partial charge is 0.507 e. The molecule has 65 heavy (non-hydrogen) atoms. The van der Waals surface area contributed by atoms with Crippen molar-refractivity contribution in [3.05, 3.63) is 199 Å². The van der Waals surface area contributed by atoms with Gasteiger partial charge in [0.2, 0.25) is 0 Å². The quantitative estimate of drug-likeness (QED) is 0.0313. The van der Waals surface area contributed by atoms with Crippen LogP contribution in [0.15, 0.2) is 180 Å². The van der Waals surface area contributed by atoms with Crippen molar-refractivity contribution in [1.82, 2.24) is 0 Å². The smallest absolute Gasteiger partial charge is 0.296 e. The van der Waals surface area contributed by atoms with E-state index in [1.54, 1.807) is 84.5 Å². The van der Waals surface area contributed by atoms with Gasteiger partial charge < -0.3 is 10.2 Å². The summed E-state index contributed by atoms with van der Waals surface area (Å²) in [6, 6.07) is 39.3. The summed E-state index contributed by atoms with van der Waals surface area (Å²) in [6.45, 7) is 6.41. The molecule has 0 aliphatic heterocycles. The lowest BCUT2D eigenvalue weighted by atomic mass is 9.95. The van der Waals surface area contributed by atoms with Gasteiger partial charge in [0.1, 0.15) is 11.5 Å². The lowest BCUT2D eigenvalue weighted by molar-refractivity contribution is -0.384. The number of phenols is 2. The zero-order chi connectivity index (χ0) is 45.9. The lowest BCUT2D eigenvalue weighted by Gasteiger charge is -2.18. The van der Waals surface area contributed by atoms with Gasteiger partial charge in [-0.3, -0.25) is 30.2 Å². The van der Waals surface area contributed by atoms with Crippen LogP contribution >= 0.6 is 23.5 Å². The van der Waals surface area contributed by atoms with Crippen LogP contribution in [0.4, 0.5) is 45.5 Å². The van der Waals surface area contributed by atoms with E-state index in [2.05, 4.69) is 47.3 Å². The van der Waals surface area contributed by atoms with Crippen molar-refractivity contribution in [2.75, 3.05) is 0 Å². The van der Waals surface area contributed by atoms with Crippen LogP contribution in [0, 0.1) is 41.0 Å². The molecular formula is C49H40N8O6S2. The number of phenolic OH excluding ortho intramolecular Hbond substituents is 2. The first-order valence-corrected chi connectivity index (χ1v) is 22.0. The number of aryl methyl sites for hydroxylation is 2. The van der Waals surface area contributed by atoms with E-state index in [0.717, 1.165) is 21.2 Å². The first kappa shape index (κ1) is 45.2. The molecule has 0 aliphatic rings. The standard InChI is InChI=1S/C49H40N8O6S2/c1-31-24-32(2)39(30-65-49-19-11-7-15-43(49)51-28-35-26-37(21-23-47(35)59)53-55-41-13-5-9-17-45(41)57(62)63)33(3)38(31)29-64-48-18-10-6-14-42(48)50-27-34-25-36(20-22-46(34)58)52-54-40-12-4-8-16-44(40)56(60)61/h4-28,58-59H,29-30H2,1-3H3. The van der Waals surface area contributed by atoms with E-state index in [9.17, 15) is 30.4 Å². The molecule has 0 unspecified atom stereocenters. The summed E-state index contributed by atoms with van der Waals surface area (Å²) in [5, 5.41) is 60.6. The molecule has 0 fully saturated rings. The van der Waals surface area contributed by atoms with Gasteiger partial charge in [-0.05, 0) is 121 Å². The summed E-state index contributed by atoms with van der Waals surface area (Å²) < 4.78 is 0. The van der Waals surface area contributed by atoms with E-state index in [-0.39, 0.29) is 34.2 Å². The second-order valence-corrected chi connectivity index (χ2v) is 16.5. The highest BCUT2D eigenvalue weighted by molar-refractivity contribution is 7.99. The summed E-state index contributed by atoms with van der Waals surface area (Å²) in [5.74, 6) is 1.39. The molecule has 0 aliphatic carbocycles. The molecule has 0 bridgehead atoms. The van der Waals surface area contributed by atoms with Crippen molar-refractivity contribution < 1.29 is 20.1 Å². The van der Waals surface area contributed by atoms with Gasteiger partial charge in [-0.15, -0.1) is 33.8 Å². The molecule has 324 valence electrons. The monoisotopic (exact) mass is 900 g/mol. The Kier molecular flexibility index (Phi) is 14.6. The fourth-order valence-electron chi connectivity index (χ4n) is 6.71. The second kappa shape index (κ2) is 21.0. The van der Waals surface area contributed by atoms with Gasteiger partial charge in [0.25, 0.3) is 11.4 Å². The Bertz CT molecular complexity index is 2850. The van der Waals surface area contributed by atoms with E-state index >= 15 is 0 Å². The molecule has 0 radical (unpaired) electrons. The number of aromatic hydroxyl groups is 2. The maximum absolute atomic E-state index is 11.4. The van der Waals surface area contributed by atoms with E-state index in [0.29, 0.717) is 34.0 Å². The summed E-state index contributed by atoms with van der Waals surface area (Å²) in [5.41, 5.74) is 9.02. The highest BCUT2D eigenvalue weighted by Gasteiger charge is 2.16. The van der Waals surface area contributed by atoms with Crippen LogP contribution in [0.3, 0.4) is 0 Å². The topological polar surface area (TPSA) is 201 Å². The Hall–Kier alpha value is -7.82. The molecule has 7 aromatic carbocycles. The molecule has 0 spiro atoms. The number of nitrogens with zero attached hydrogens (tertiary/aromatic N) is 8. The van der Waals surface area contributed by atoms with Gasteiger partial charge in [0, 0.05) is 57.0 Å². The van der Waals surface area contributed by atoms with Crippen molar-refractivity contribution in [2.24, 2.45) is 30.4 Å². The van der Waals surface area contributed by atoms with Crippen LogP contribution in [0.5, 0.6) is 11.5 Å². The predicted molar refractivity (Wildman–Crippen MR) is 258 cm³/mol. The van der Waals surface area contributed by atoms with Crippen molar-refractivity contribution in [2.45, 2.75) is 42.1 Å². The van der Waals surface area contributed by atoms with E-state index in [1.165, 1.54) is 64.2 Å².